The molecule has 0 saturated carbocycles. The molecule has 0 aliphatic carbocycles. The maximum absolute atomic E-state index is 12.2. The van der Waals surface area contributed by atoms with Gasteiger partial charge in [-0.1, -0.05) is 0 Å². The first-order valence-corrected chi connectivity index (χ1v) is 3.84. The highest BCUT2D eigenvalue weighted by Crippen LogP contribution is 2.37. The minimum atomic E-state index is -4.60. The highest BCUT2D eigenvalue weighted by molar-refractivity contribution is 7.78. The number of isothiocyanates is 1. The van der Waals surface area contributed by atoms with Gasteiger partial charge in [0.15, 0.2) is 0 Å². The predicted octanol–water partition coefficient (Wildman–Crippen LogP) is 3.15. The number of phenols is 1. The number of halogens is 3. The Hall–Kier alpha value is -1.39. The molecule has 0 aromatic heterocycles. The number of aliphatic imine (C=N–C) groups is 1. The molecule has 0 spiro atoms. The third-order valence-electron chi connectivity index (χ3n) is 1.46. The fraction of sp³-hybridized carbons (Fsp3) is 0.125. The first kappa shape index (κ1) is 10.7. The summed E-state index contributed by atoms with van der Waals surface area (Å²) in [4.78, 5) is 3.38. The van der Waals surface area contributed by atoms with Gasteiger partial charge in [-0.2, -0.15) is 18.2 Å². The highest BCUT2D eigenvalue weighted by atomic mass is 32.1. The monoisotopic (exact) mass is 219 g/mol. The van der Waals surface area contributed by atoms with E-state index in [1.807, 2.05) is 5.16 Å². The van der Waals surface area contributed by atoms with Crippen LogP contribution < -0.4 is 0 Å². The molecular weight excluding hydrogens is 215 g/mol. The summed E-state index contributed by atoms with van der Waals surface area (Å²) in [5.74, 6) is -0.833. The van der Waals surface area contributed by atoms with E-state index in [1.165, 1.54) is 6.07 Å². The second-order valence-corrected chi connectivity index (χ2v) is 2.58. The van der Waals surface area contributed by atoms with Crippen LogP contribution in [0.3, 0.4) is 0 Å². The molecular formula is C8H4F3NOS. The van der Waals surface area contributed by atoms with Crippen molar-refractivity contribution < 1.29 is 18.3 Å². The number of alkyl halides is 3. The lowest BCUT2D eigenvalue weighted by molar-refractivity contribution is -0.138. The molecule has 0 aliphatic heterocycles. The first-order valence-electron chi connectivity index (χ1n) is 3.43. The molecule has 0 aliphatic rings. The molecule has 1 aromatic rings. The van der Waals surface area contributed by atoms with Crippen LogP contribution in [0.1, 0.15) is 5.56 Å². The van der Waals surface area contributed by atoms with Gasteiger partial charge in [0.2, 0.25) is 0 Å². The van der Waals surface area contributed by atoms with Crippen molar-refractivity contribution in [3.63, 3.8) is 0 Å². The van der Waals surface area contributed by atoms with Gasteiger partial charge in [0.25, 0.3) is 0 Å². The molecule has 1 rings (SSSR count). The molecule has 74 valence electrons. The summed E-state index contributed by atoms with van der Waals surface area (Å²) < 4.78 is 36.7. The highest BCUT2D eigenvalue weighted by Gasteiger charge is 2.33. The zero-order valence-electron chi connectivity index (χ0n) is 6.67. The number of rotatable bonds is 1. The third kappa shape index (κ3) is 2.31. The Kier molecular flexibility index (Phi) is 2.88. The van der Waals surface area contributed by atoms with Crippen molar-refractivity contribution in [2.24, 2.45) is 4.99 Å². The molecule has 14 heavy (non-hydrogen) atoms. The van der Waals surface area contributed by atoms with E-state index in [1.54, 1.807) is 0 Å². The lowest BCUT2D eigenvalue weighted by atomic mass is 10.2. The molecule has 2 nitrogen and oxygen atoms in total. The topological polar surface area (TPSA) is 32.6 Å². The summed E-state index contributed by atoms with van der Waals surface area (Å²) in [6.45, 7) is 0. The number of phenolic OH excluding ortho intramolecular Hbond substituents is 1. The molecule has 1 aromatic carbocycles. The van der Waals surface area contributed by atoms with Gasteiger partial charge >= 0.3 is 6.18 Å². The average Bonchev–Trinajstić information content (AvgIpc) is 2.07. The summed E-state index contributed by atoms with van der Waals surface area (Å²) in [5, 5.41) is 10.9. The zero-order chi connectivity index (χ0) is 10.8. The molecule has 0 bridgehead atoms. The van der Waals surface area contributed by atoms with Crippen molar-refractivity contribution >= 4 is 23.1 Å². The van der Waals surface area contributed by atoms with Crippen LogP contribution in [0.2, 0.25) is 0 Å². The molecule has 6 heteroatoms. The quantitative estimate of drug-likeness (QED) is 0.581. The number of hydrogen-bond acceptors (Lipinski definition) is 3. The van der Waals surface area contributed by atoms with Gasteiger partial charge in [-0.3, -0.25) is 0 Å². The van der Waals surface area contributed by atoms with Crippen LogP contribution >= 0.6 is 12.2 Å². The Bertz CT molecular complexity index is 396. The lowest BCUT2D eigenvalue weighted by Gasteiger charge is -2.08. The number of thiocarbonyl (C=S) groups is 1. The van der Waals surface area contributed by atoms with Gasteiger partial charge in [-0.15, -0.1) is 0 Å². The Labute approximate surface area is 82.7 Å². The van der Waals surface area contributed by atoms with E-state index >= 15 is 0 Å². The summed E-state index contributed by atoms with van der Waals surface area (Å²) in [6, 6.07) is 2.83. The Balaban J connectivity index is 3.28. The number of nitrogens with zero attached hydrogens (tertiary/aromatic N) is 1. The van der Waals surface area contributed by atoms with Gasteiger partial charge in [0.05, 0.1) is 16.4 Å². The van der Waals surface area contributed by atoms with Crippen molar-refractivity contribution in [1.29, 1.82) is 0 Å². The maximum atomic E-state index is 12.2. The summed E-state index contributed by atoms with van der Waals surface area (Å²) in [6.07, 6.45) is -4.60. The summed E-state index contributed by atoms with van der Waals surface area (Å²) in [5.41, 5.74) is -1.13. The second kappa shape index (κ2) is 3.77. The van der Waals surface area contributed by atoms with Crippen LogP contribution in [-0.2, 0) is 6.18 Å². The van der Waals surface area contributed by atoms with E-state index in [2.05, 4.69) is 17.2 Å². The van der Waals surface area contributed by atoms with Crippen LogP contribution in [0.15, 0.2) is 23.2 Å². The Morgan fingerprint density at radius 1 is 1.36 bits per heavy atom. The van der Waals surface area contributed by atoms with Crippen molar-refractivity contribution in [3.05, 3.63) is 23.8 Å². The normalized spacial score (nSPS) is 10.8. The fourth-order valence-corrected chi connectivity index (χ4v) is 0.979. The van der Waals surface area contributed by atoms with E-state index in [-0.39, 0.29) is 5.69 Å². The molecule has 0 heterocycles. The summed E-state index contributed by atoms with van der Waals surface area (Å²) in [7, 11) is 0. The SMILES string of the molecule is Oc1ccc(N=C=S)cc1C(F)(F)F. The summed E-state index contributed by atoms with van der Waals surface area (Å²) >= 11 is 4.24. The molecule has 0 atom stereocenters. The molecule has 0 saturated heterocycles. The first-order chi connectivity index (χ1) is 6.45. The minimum absolute atomic E-state index is 0.00475. The van der Waals surface area contributed by atoms with Crippen LogP contribution in [0.25, 0.3) is 0 Å². The van der Waals surface area contributed by atoms with Crippen molar-refractivity contribution in [3.8, 4) is 5.75 Å². The van der Waals surface area contributed by atoms with E-state index < -0.39 is 17.5 Å². The minimum Gasteiger partial charge on any atom is -0.507 e. The van der Waals surface area contributed by atoms with Crippen molar-refractivity contribution in [1.82, 2.24) is 0 Å². The van der Waals surface area contributed by atoms with E-state index in [9.17, 15) is 13.2 Å². The van der Waals surface area contributed by atoms with Gasteiger partial charge in [0, 0.05) is 0 Å². The molecule has 0 amide bonds. The lowest BCUT2D eigenvalue weighted by Crippen LogP contribution is -2.04. The maximum Gasteiger partial charge on any atom is 0.420 e. The van der Waals surface area contributed by atoms with E-state index in [0.717, 1.165) is 6.07 Å². The van der Waals surface area contributed by atoms with Gasteiger partial charge in [0.1, 0.15) is 5.75 Å². The van der Waals surface area contributed by atoms with Crippen molar-refractivity contribution in [2.45, 2.75) is 6.18 Å². The zero-order valence-corrected chi connectivity index (χ0v) is 7.49. The van der Waals surface area contributed by atoms with E-state index in [4.69, 9.17) is 5.11 Å². The predicted molar refractivity (Wildman–Crippen MR) is 47.8 cm³/mol. The largest absolute Gasteiger partial charge is 0.507 e. The third-order valence-corrected chi connectivity index (χ3v) is 1.55. The molecule has 0 radical (unpaired) electrons. The Morgan fingerprint density at radius 2 is 2.00 bits per heavy atom. The smallest absolute Gasteiger partial charge is 0.420 e. The molecule has 0 fully saturated rings. The van der Waals surface area contributed by atoms with Gasteiger partial charge in [-0.05, 0) is 30.4 Å². The van der Waals surface area contributed by atoms with Crippen molar-refractivity contribution in [2.75, 3.05) is 0 Å². The van der Waals surface area contributed by atoms with E-state index in [0.29, 0.717) is 6.07 Å². The van der Waals surface area contributed by atoms with Crippen LogP contribution in [0, 0.1) is 0 Å². The average molecular weight is 219 g/mol. The van der Waals surface area contributed by atoms with Gasteiger partial charge in [-0.25, -0.2) is 0 Å². The molecule has 0 unspecified atom stereocenters. The second-order valence-electron chi connectivity index (χ2n) is 2.40. The van der Waals surface area contributed by atoms with Crippen LogP contribution in [0.5, 0.6) is 5.75 Å². The fourth-order valence-electron chi connectivity index (χ4n) is 0.873. The number of hydrogen-bond donors (Lipinski definition) is 1. The number of aromatic hydroxyl groups is 1. The van der Waals surface area contributed by atoms with Gasteiger partial charge < -0.3 is 5.11 Å². The van der Waals surface area contributed by atoms with Crippen LogP contribution in [0.4, 0.5) is 18.9 Å². The Morgan fingerprint density at radius 3 is 2.50 bits per heavy atom. The standard InChI is InChI=1S/C8H4F3NOS/c9-8(10,11)6-3-5(12-4-14)1-2-7(6)13/h1-3,13H. The van der Waals surface area contributed by atoms with Crippen LogP contribution in [-0.4, -0.2) is 10.3 Å². The number of benzene rings is 1. The molecule has 1 N–H and O–H groups in total.